The van der Waals surface area contributed by atoms with E-state index in [0.717, 1.165) is 55.4 Å². The van der Waals surface area contributed by atoms with E-state index in [1.165, 1.54) is 42.0 Å². The van der Waals surface area contributed by atoms with Crippen LogP contribution in [0.3, 0.4) is 0 Å². The first-order valence-electron chi connectivity index (χ1n) is 19.0. The molecule has 0 spiro atoms. The second-order valence-electron chi connectivity index (χ2n) is 14.4. The summed E-state index contributed by atoms with van der Waals surface area (Å²) in [6.07, 6.45) is 0. The van der Waals surface area contributed by atoms with Crippen LogP contribution in [0.5, 0.6) is 0 Å². The Morgan fingerprint density at radius 1 is 0.386 bits per heavy atom. The minimum Gasteiger partial charge on any atom is -0.456 e. The molecule has 0 amide bonds. The minimum atomic E-state index is 0.601. The van der Waals surface area contributed by atoms with Gasteiger partial charge in [-0.05, 0) is 71.8 Å². The Morgan fingerprint density at radius 2 is 1.02 bits per heavy atom. The van der Waals surface area contributed by atoms with Gasteiger partial charge < -0.3 is 8.98 Å². The molecule has 5 nitrogen and oxygen atoms in total. The van der Waals surface area contributed by atoms with Gasteiger partial charge >= 0.3 is 0 Å². The highest BCUT2D eigenvalue weighted by Crippen LogP contribution is 2.41. The maximum absolute atomic E-state index is 6.49. The normalized spacial score (nSPS) is 11.9. The van der Waals surface area contributed by atoms with Crippen LogP contribution in [0.4, 0.5) is 0 Å². The zero-order valence-corrected chi connectivity index (χ0v) is 31.2. The van der Waals surface area contributed by atoms with Gasteiger partial charge in [0, 0.05) is 64.1 Å². The van der Waals surface area contributed by atoms with E-state index in [1.54, 1.807) is 0 Å². The molecular formula is C51H30N4OS. The molecule has 0 unspecified atom stereocenters. The van der Waals surface area contributed by atoms with Crippen molar-refractivity contribution >= 4 is 75.3 Å². The summed E-state index contributed by atoms with van der Waals surface area (Å²) in [5.41, 5.74) is 10.1. The molecule has 4 heterocycles. The number of fused-ring (bicyclic) bond motifs is 9. The number of hydrogen-bond donors (Lipinski definition) is 0. The Kier molecular flexibility index (Phi) is 7.03. The van der Waals surface area contributed by atoms with Gasteiger partial charge in [-0.2, -0.15) is 0 Å². The van der Waals surface area contributed by atoms with E-state index in [4.69, 9.17) is 19.4 Å². The van der Waals surface area contributed by atoms with Gasteiger partial charge in [0.25, 0.3) is 0 Å². The first-order chi connectivity index (χ1) is 28.2. The average molecular weight is 747 g/mol. The van der Waals surface area contributed by atoms with E-state index < -0.39 is 0 Å². The average Bonchev–Trinajstić information content (AvgIpc) is 3.95. The molecule has 4 aromatic heterocycles. The number of para-hydroxylation sites is 1. The smallest absolute Gasteiger partial charge is 0.164 e. The van der Waals surface area contributed by atoms with E-state index in [0.29, 0.717) is 17.5 Å². The lowest BCUT2D eigenvalue weighted by molar-refractivity contribution is 0.669. The Labute approximate surface area is 330 Å². The Balaban J connectivity index is 1.02. The Morgan fingerprint density at radius 3 is 1.81 bits per heavy atom. The van der Waals surface area contributed by atoms with Crippen molar-refractivity contribution in [2.75, 3.05) is 0 Å². The number of rotatable bonds is 5. The van der Waals surface area contributed by atoms with Gasteiger partial charge in [-0.15, -0.1) is 11.3 Å². The third-order valence-electron chi connectivity index (χ3n) is 11.1. The fourth-order valence-electron chi connectivity index (χ4n) is 8.41. The molecule has 0 N–H and O–H groups in total. The first-order valence-corrected chi connectivity index (χ1v) is 19.8. The summed E-state index contributed by atoms with van der Waals surface area (Å²) in [5.74, 6) is 1.85. The molecule has 12 rings (SSSR count). The van der Waals surface area contributed by atoms with Crippen LogP contribution in [0.15, 0.2) is 186 Å². The standard InChI is InChI=1S/C51H30N4OS/c1-3-12-31(13-4-1)49-52-50(32-14-5-2-6-15-32)54-51(53-49)38-18-11-20-45-48(38)41-29-34(23-26-44(41)56-45)33-22-25-43-39(28-33)36-16-7-9-19-42(36)55(43)35-24-27-47-40(30-35)37-17-8-10-21-46(37)57-47/h1-30H. The summed E-state index contributed by atoms with van der Waals surface area (Å²) in [6.45, 7) is 0. The quantitative estimate of drug-likeness (QED) is 0.176. The first kappa shape index (κ1) is 31.9. The number of hydrogen-bond acceptors (Lipinski definition) is 5. The van der Waals surface area contributed by atoms with Crippen molar-refractivity contribution in [3.8, 4) is 51.0 Å². The Hall–Kier alpha value is -7.41. The van der Waals surface area contributed by atoms with Gasteiger partial charge in [-0.25, -0.2) is 15.0 Å². The van der Waals surface area contributed by atoms with Crippen molar-refractivity contribution in [3.63, 3.8) is 0 Å². The predicted molar refractivity (Wildman–Crippen MR) is 236 cm³/mol. The lowest BCUT2D eigenvalue weighted by Gasteiger charge is -2.10. The molecule has 0 bridgehead atoms. The van der Waals surface area contributed by atoms with E-state index in [-0.39, 0.29) is 0 Å². The molecule has 0 aliphatic carbocycles. The number of thiophene rings is 1. The highest BCUT2D eigenvalue weighted by molar-refractivity contribution is 7.25. The summed E-state index contributed by atoms with van der Waals surface area (Å²) in [4.78, 5) is 15.1. The highest BCUT2D eigenvalue weighted by Gasteiger charge is 2.19. The summed E-state index contributed by atoms with van der Waals surface area (Å²) < 4.78 is 11.5. The molecule has 0 saturated carbocycles. The van der Waals surface area contributed by atoms with Gasteiger partial charge in [-0.1, -0.05) is 121 Å². The second kappa shape index (κ2) is 12.6. The van der Waals surface area contributed by atoms with Crippen molar-refractivity contribution in [2.24, 2.45) is 0 Å². The van der Waals surface area contributed by atoms with Crippen LogP contribution in [-0.2, 0) is 0 Å². The van der Waals surface area contributed by atoms with Gasteiger partial charge in [-0.3, -0.25) is 0 Å². The molecule has 0 saturated heterocycles. The summed E-state index contributed by atoms with van der Waals surface area (Å²) >= 11 is 1.85. The third kappa shape index (κ3) is 5.12. The number of nitrogens with zero attached hydrogens (tertiary/aromatic N) is 4. The van der Waals surface area contributed by atoms with Crippen molar-refractivity contribution < 1.29 is 4.42 Å². The number of aromatic nitrogens is 4. The third-order valence-corrected chi connectivity index (χ3v) is 12.2. The monoisotopic (exact) mass is 746 g/mol. The minimum absolute atomic E-state index is 0.601. The van der Waals surface area contributed by atoms with Gasteiger partial charge in [0.05, 0.1) is 11.0 Å². The highest BCUT2D eigenvalue weighted by atomic mass is 32.1. The maximum Gasteiger partial charge on any atom is 0.164 e. The molecule has 8 aromatic carbocycles. The summed E-state index contributed by atoms with van der Waals surface area (Å²) in [5, 5.41) is 7.02. The maximum atomic E-state index is 6.49. The Bertz CT molecular complexity index is 3470. The largest absolute Gasteiger partial charge is 0.456 e. The van der Waals surface area contributed by atoms with Crippen LogP contribution in [0.1, 0.15) is 0 Å². The van der Waals surface area contributed by atoms with E-state index in [1.807, 2.05) is 84.1 Å². The predicted octanol–water partition coefficient (Wildman–Crippen LogP) is 13.9. The van der Waals surface area contributed by atoms with Gasteiger partial charge in [0.2, 0.25) is 0 Å². The zero-order valence-electron chi connectivity index (χ0n) is 30.4. The number of benzene rings is 8. The second-order valence-corrected chi connectivity index (χ2v) is 15.5. The molecule has 266 valence electrons. The van der Waals surface area contributed by atoms with Gasteiger partial charge in [0.1, 0.15) is 11.2 Å². The van der Waals surface area contributed by atoms with Crippen molar-refractivity contribution in [2.45, 2.75) is 0 Å². The SMILES string of the molecule is c1ccc(-c2nc(-c3ccccc3)nc(-c3cccc4oc5ccc(-c6ccc7c(c6)c6ccccc6n7-c6ccc7sc8ccccc8c7c6)cc5c34)n2)cc1. The molecule has 12 aromatic rings. The van der Waals surface area contributed by atoms with Crippen LogP contribution in [-0.4, -0.2) is 19.5 Å². The van der Waals surface area contributed by atoms with Crippen LogP contribution in [0.25, 0.3) is 115 Å². The lowest BCUT2D eigenvalue weighted by Crippen LogP contribution is -2.00. The zero-order chi connectivity index (χ0) is 37.5. The summed E-state index contributed by atoms with van der Waals surface area (Å²) in [7, 11) is 0. The van der Waals surface area contributed by atoms with Crippen molar-refractivity contribution in [1.29, 1.82) is 0 Å². The van der Waals surface area contributed by atoms with E-state index in [9.17, 15) is 0 Å². The van der Waals surface area contributed by atoms with E-state index >= 15 is 0 Å². The molecule has 0 aliphatic rings. The van der Waals surface area contributed by atoms with Crippen LogP contribution in [0, 0.1) is 0 Å². The van der Waals surface area contributed by atoms with Crippen LogP contribution >= 0.6 is 11.3 Å². The topological polar surface area (TPSA) is 56.7 Å². The van der Waals surface area contributed by atoms with Crippen molar-refractivity contribution in [3.05, 3.63) is 182 Å². The molecule has 6 heteroatoms. The lowest BCUT2D eigenvalue weighted by atomic mass is 9.99. The molecule has 0 aliphatic heterocycles. The van der Waals surface area contributed by atoms with Crippen molar-refractivity contribution in [1.82, 2.24) is 19.5 Å². The molecule has 0 fully saturated rings. The molecule has 0 atom stereocenters. The number of furan rings is 1. The molecule has 0 radical (unpaired) electrons. The molecular weight excluding hydrogens is 717 g/mol. The molecule has 57 heavy (non-hydrogen) atoms. The van der Waals surface area contributed by atoms with E-state index in [2.05, 4.69) is 114 Å². The fourth-order valence-corrected chi connectivity index (χ4v) is 9.49. The van der Waals surface area contributed by atoms with Gasteiger partial charge in [0.15, 0.2) is 17.5 Å². The van der Waals surface area contributed by atoms with Crippen LogP contribution in [0.2, 0.25) is 0 Å². The fraction of sp³-hybridized carbons (Fsp3) is 0. The summed E-state index contributed by atoms with van der Waals surface area (Å²) in [6, 6.07) is 63.9. The van der Waals surface area contributed by atoms with Crippen LogP contribution < -0.4 is 0 Å².